The number of carboxylic acid groups (broad SMARTS) is 1. The zero-order valence-corrected chi connectivity index (χ0v) is 13.0. The molecule has 0 aromatic carbocycles. The summed E-state index contributed by atoms with van der Waals surface area (Å²) in [5.74, 6) is 0.535. The molecular formula is C13H21N3O4S. The van der Waals surface area contributed by atoms with Gasteiger partial charge >= 0.3 is 12.0 Å². The average Bonchev–Trinajstić information content (AvgIpc) is 2.47. The molecule has 1 atom stereocenters. The first kappa shape index (κ1) is 17.6. The van der Waals surface area contributed by atoms with E-state index in [0.29, 0.717) is 32.0 Å². The predicted octanol–water partition coefficient (Wildman–Crippen LogP) is 0.861. The van der Waals surface area contributed by atoms with E-state index in [1.165, 1.54) is 0 Å². The molecule has 21 heavy (non-hydrogen) atoms. The molecule has 1 unspecified atom stereocenters. The third kappa shape index (κ3) is 5.81. The lowest BCUT2D eigenvalue weighted by molar-refractivity contribution is -0.138. The number of amides is 2. The Kier molecular flexibility index (Phi) is 7.93. The standard InChI is InChI=1S/C13H21N3O4S/c1-20-7-5-15(4-2-3-14)13(19)16-6-8-21-10-11(16)9-12(17)18/h11H,2,4-10H2,1H3,(H,17,18). The highest BCUT2D eigenvalue weighted by atomic mass is 32.2. The van der Waals surface area contributed by atoms with Crippen molar-refractivity contribution in [2.24, 2.45) is 0 Å². The Morgan fingerprint density at radius 3 is 2.90 bits per heavy atom. The minimum Gasteiger partial charge on any atom is -0.481 e. The number of hydrogen-bond acceptors (Lipinski definition) is 5. The quantitative estimate of drug-likeness (QED) is 0.749. The largest absolute Gasteiger partial charge is 0.481 e. The van der Waals surface area contributed by atoms with Crippen molar-refractivity contribution in [3.8, 4) is 6.07 Å². The summed E-state index contributed by atoms with van der Waals surface area (Å²) in [5, 5.41) is 17.7. The molecule has 8 heteroatoms. The lowest BCUT2D eigenvalue weighted by atomic mass is 10.2. The first-order valence-corrected chi connectivity index (χ1v) is 7.96. The van der Waals surface area contributed by atoms with Crippen LogP contribution in [0, 0.1) is 11.3 Å². The van der Waals surface area contributed by atoms with E-state index >= 15 is 0 Å². The fourth-order valence-corrected chi connectivity index (χ4v) is 3.21. The summed E-state index contributed by atoms with van der Waals surface area (Å²) in [7, 11) is 1.55. The van der Waals surface area contributed by atoms with Crippen LogP contribution in [-0.4, -0.2) is 77.8 Å². The van der Waals surface area contributed by atoms with Crippen molar-refractivity contribution in [3.63, 3.8) is 0 Å². The normalized spacial score (nSPS) is 18.1. The molecule has 0 aliphatic carbocycles. The number of nitriles is 1. The fraction of sp³-hybridized carbons (Fsp3) is 0.769. The number of thioether (sulfide) groups is 1. The summed E-state index contributed by atoms with van der Waals surface area (Å²) in [6.45, 7) is 1.67. The van der Waals surface area contributed by atoms with Gasteiger partial charge in [-0.1, -0.05) is 0 Å². The molecule has 118 valence electrons. The smallest absolute Gasteiger partial charge is 0.320 e. The van der Waals surface area contributed by atoms with Crippen molar-refractivity contribution in [2.75, 3.05) is 44.9 Å². The first-order valence-electron chi connectivity index (χ1n) is 6.81. The van der Waals surface area contributed by atoms with Crippen LogP contribution in [-0.2, 0) is 9.53 Å². The molecule has 1 rings (SSSR count). The van der Waals surface area contributed by atoms with E-state index in [-0.39, 0.29) is 24.9 Å². The Balaban J connectivity index is 2.72. The van der Waals surface area contributed by atoms with Crippen LogP contribution in [0.25, 0.3) is 0 Å². The molecule has 1 aliphatic rings. The van der Waals surface area contributed by atoms with Gasteiger partial charge in [0, 0.05) is 38.2 Å². The second kappa shape index (κ2) is 9.47. The Bertz CT molecular complexity index is 399. The number of urea groups is 1. The highest BCUT2D eigenvalue weighted by Crippen LogP contribution is 2.20. The molecule has 0 bridgehead atoms. The van der Waals surface area contributed by atoms with Crippen molar-refractivity contribution in [1.29, 1.82) is 5.26 Å². The maximum absolute atomic E-state index is 12.6. The van der Waals surface area contributed by atoms with E-state index in [1.807, 2.05) is 6.07 Å². The Morgan fingerprint density at radius 1 is 1.52 bits per heavy atom. The molecule has 1 heterocycles. The van der Waals surface area contributed by atoms with Gasteiger partial charge in [0.2, 0.25) is 0 Å². The zero-order valence-electron chi connectivity index (χ0n) is 12.2. The van der Waals surface area contributed by atoms with Gasteiger partial charge in [-0.15, -0.1) is 0 Å². The van der Waals surface area contributed by atoms with Crippen molar-refractivity contribution in [2.45, 2.75) is 18.9 Å². The molecule has 0 spiro atoms. The van der Waals surface area contributed by atoms with Crippen LogP contribution in [0.15, 0.2) is 0 Å². The summed E-state index contributed by atoms with van der Waals surface area (Å²) in [5.41, 5.74) is 0. The van der Waals surface area contributed by atoms with Gasteiger partial charge in [0.05, 0.1) is 31.6 Å². The lowest BCUT2D eigenvalue weighted by Gasteiger charge is -2.38. The second-order valence-corrected chi connectivity index (χ2v) is 5.84. The summed E-state index contributed by atoms with van der Waals surface area (Å²) in [6.07, 6.45) is 0.205. The molecule has 7 nitrogen and oxygen atoms in total. The molecule has 0 aromatic rings. The highest BCUT2D eigenvalue weighted by Gasteiger charge is 2.31. The number of carboxylic acids is 1. The summed E-state index contributed by atoms with van der Waals surface area (Å²) < 4.78 is 4.99. The Hall–Kier alpha value is -1.46. The summed E-state index contributed by atoms with van der Waals surface area (Å²) in [6, 6.07) is 1.53. The van der Waals surface area contributed by atoms with Gasteiger partial charge in [0.15, 0.2) is 0 Å². The number of hydrogen-bond donors (Lipinski definition) is 1. The number of methoxy groups -OCH3 is 1. The molecular weight excluding hydrogens is 294 g/mol. The number of carbonyl (C=O) groups excluding carboxylic acids is 1. The topological polar surface area (TPSA) is 93.9 Å². The second-order valence-electron chi connectivity index (χ2n) is 4.69. The lowest BCUT2D eigenvalue weighted by Crippen LogP contribution is -2.53. The maximum atomic E-state index is 12.6. The monoisotopic (exact) mass is 315 g/mol. The predicted molar refractivity (Wildman–Crippen MR) is 79.1 cm³/mol. The van der Waals surface area contributed by atoms with Crippen LogP contribution in [0.5, 0.6) is 0 Å². The van der Waals surface area contributed by atoms with Crippen molar-refractivity contribution in [3.05, 3.63) is 0 Å². The molecule has 1 N–H and O–H groups in total. The minimum absolute atomic E-state index is 0.0465. The molecule has 0 aromatic heterocycles. The number of ether oxygens (including phenoxy) is 1. The van der Waals surface area contributed by atoms with Crippen LogP contribution >= 0.6 is 11.8 Å². The van der Waals surface area contributed by atoms with Gasteiger partial charge in [-0.3, -0.25) is 4.79 Å². The van der Waals surface area contributed by atoms with Gasteiger partial charge < -0.3 is 19.6 Å². The molecule has 1 aliphatic heterocycles. The average molecular weight is 315 g/mol. The van der Waals surface area contributed by atoms with Crippen molar-refractivity contribution in [1.82, 2.24) is 9.80 Å². The molecule has 2 amide bonds. The van der Waals surface area contributed by atoms with Crippen molar-refractivity contribution >= 4 is 23.8 Å². The van der Waals surface area contributed by atoms with Crippen LogP contribution in [0.1, 0.15) is 12.8 Å². The van der Waals surface area contributed by atoms with Gasteiger partial charge in [-0.2, -0.15) is 17.0 Å². The van der Waals surface area contributed by atoms with Crippen LogP contribution in [0.4, 0.5) is 4.79 Å². The van der Waals surface area contributed by atoms with Crippen LogP contribution in [0.3, 0.4) is 0 Å². The molecule has 1 fully saturated rings. The van der Waals surface area contributed by atoms with E-state index < -0.39 is 5.97 Å². The van der Waals surface area contributed by atoms with E-state index in [0.717, 1.165) is 5.75 Å². The number of rotatable bonds is 7. The van der Waals surface area contributed by atoms with E-state index in [1.54, 1.807) is 28.7 Å². The Labute approximate surface area is 128 Å². The molecule has 0 saturated carbocycles. The van der Waals surface area contributed by atoms with Gasteiger partial charge in [0.1, 0.15) is 0 Å². The van der Waals surface area contributed by atoms with Crippen LogP contribution in [0.2, 0.25) is 0 Å². The Morgan fingerprint density at radius 2 is 2.29 bits per heavy atom. The van der Waals surface area contributed by atoms with Crippen molar-refractivity contribution < 1.29 is 19.4 Å². The third-order valence-electron chi connectivity index (χ3n) is 3.21. The van der Waals surface area contributed by atoms with Gasteiger partial charge in [0.25, 0.3) is 0 Å². The fourth-order valence-electron chi connectivity index (χ4n) is 2.15. The minimum atomic E-state index is -0.902. The van der Waals surface area contributed by atoms with E-state index in [2.05, 4.69) is 0 Å². The third-order valence-corrected chi connectivity index (χ3v) is 4.30. The summed E-state index contributed by atoms with van der Waals surface area (Å²) in [4.78, 5) is 26.7. The maximum Gasteiger partial charge on any atom is 0.320 e. The van der Waals surface area contributed by atoms with E-state index in [9.17, 15) is 9.59 Å². The van der Waals surface area contributed by atoms with E-state index in [4.69, 9.17) is 15.1 Å². The molecule has 0 radical (unpaired) electrons. The summed E-state index contributed by atoms with van der Waals surface area (Å²) >= 11 is 1.66. The molecule has 1 saturated heterocycles. The van der Waals surface area contributed by atoms with Crippen LogP contribution < -0.4 is 0 Å². The number of aliphatic carboxylic acids is 1. The first-order chi connectivity index (χ1) is 10.1. The van der Waals surface area contributed by atoms with Gasteiger partial charge in [-0.05, 0) is 0 Å². The SMILES string of the molecule is COCCN(CCC#N)C(=O)N1CCSCC1CC(=O)O. The zero-order chi connectivity index (χ0) is 15.7. The highest BCUT2D eigenvalue weighted by molar-refractivity contribution is 7.99. The number of carbonyl (C=O) groups is 2. The van der Waals surface area contributed by atoms with Gasteiger partial charge in [-0.25, -0.2) is 4.79 Å². The number of nitrogens with zero attached hydrogens (tertiary/aromatic N) is 3.